The number of halogens is 1. The second kappa shape index (κ2) is 10.4. The minimum absolute atomic E-state index is 0.141. The molecule has 2 aliphatic rings. The van der Waals surface area contributed by atoms with Crippen LogP contribution in [-0.2, 0) is 0 Å². The maximum Gasteiger partial charge on any atom is 0.176 e. The molecule has 150 valence electrons. The summed E-state index contributed by atoms with van der Waals surface area (Å²) in [5.74, 6) is 1.57. The number of carbonyl (C=O) groups is 1. The predicted octanol–water partition coefficient (Wildman–Crippen LogP) is 4.51. The third-order valence-electron chi connectivity index (χ3n) is 6.10. The largest absolute Gasteiger partial charge is 0.495 e. The number of carbonyl (C=O) groups excluding carboxylic acids is 1. The number of rotatable bonds is 7. The Hall–Kier alpha value is -1.10. The summed E-state index contributed by atoms with van der Waals surface area (Å²) < 4.78 is 5.16. The second-order valence-corrected chi connectivity index (χ2v) is 8.44. The molecule has 1 aromatic carbocycles. The standard InChI is InChI=1S/C22H33ClN2O2/c1-27-22-7-6-19(16-20(22)23)21(26)17-25-14-9-18(10-15-25)8-13-24-11-4-2-3-5-12-24/h6-7,16,18H,2-5,8-15,17H2,1H3. The molecule has 2 aliphatic heterocycles. The number of nitrogens with zero attached hydrogens (tertiary/aromatic N) is 2. The van der Waals surface area contributed by atoms with Crippen LogP contribution < -0.4 is 4.74 Å². The fraction of sp³-hybridized carbons (Fsp3) is 0.682. The zero-order chi connectivity index (χ0) is 19.1. The average molecular weight is 393 g/mol. The first-order valence-corrected chi connectivity index (χ1v) is 10.8. The molecule has 5 heteroatoms. The molecule has 27 heavy (non-hydrogen) atoms. The highest BCUT2D eigenvalue weighted by molar-refractivity contribution is 6.32. The molecule has 4 nitrogen and oxygen atoms in total. The number of hydrogen-bond donors (Lipinski definition) is 0. The van der Waals surface area contributed by atoms with E-state index >= 15 is 0 Å². The van der Waals surface area contributed by atoms with E-state index in [1.54, 1.807) is 25.3 Å². The molecule has 0 radical (unpaired) electrons. The molecule has 0 N–H and O–H groups in total. The fourth-order valence-corrected chi connectivity index (χ4v) is 4.55. The van der Waals surface area contributed by atoms with Gasteiger partial charge in [-0.05, 0) is 88.9 Å². The minimum Gasteiger partial charge on any atom is -0.495 e. The van der Waals surface area contributed by atoms with Gasteiger partial charge in [-0.3, -0.25) is 9.69 Å². The maximum absolute atomic E-state index is 12.6. The predicted molar refractivity (Wildman–Crippen MR) is 111 cm³/mol. The van der Waals surface area contributed by atoms with Crippen molar-refractivity contribution < 1.29 is 9.53 Å². The van der Waals surface area contributed by atoms with Crippen molar-refractivity contribution in [3.63, 3.8) is 0 Å². The first-order chi connectivity index (χ1) is 13.2. The Kier molecular flexibility index (Phi) is 7.98. The summed E-state index contributed by atoms with van der Waals surface area (Å²) in [6, 6.07) is 5.29. The molecule has 0 spiro atoms. The topological polar surface area (TPSA) is 32.8 Å². The number of ketones is 1. The number of benzene rings is 1. The summed E-state index contributed by atoms with van der Waals surface area (Å²) in [7, 11) is 1.58. The minimum atomic E-state index is 0.141. The van der Waals surface area contributed by atoms with Crippen LogP contribution in [0, 0.1) is 5.92 Å². The van der Waals surface area contributed by atoms with Crippen LogP contribution >= 0.6 is 11.6 Å². The van der Waals surface area contributed by atoms with E-state index in [1.807, 2.05) is 0 Å². The van der Waals surface area contributed by atoms with Gasteiger partial charge in [0.05, 0.1) is 18.7 Å². The monoisotopic (exact) mass is 392 g/mol. The van der Waals surface area contributed by atoms with E-state index in [0.717, 1.165) is 19.0 Å². The van der Waals surface area contributed by atoms with Gasteiger partial charge in [0.15, 0.2) is 5.78 Å². The molecule has 0 aliphatic carbocycles. The molecular formula is C22H33ClN2O2. The van der Waals surface area contributed by atoms with Crippen LogP contribution in [-0.4, -0.2) is 62.0 Å². The average Bonchev–Trinajstić information content (AvgIpc) is 2.96. The van der Waals surface area contributed by atoms with Gasteiger partial charge in [0.2, 0.25) is 0 Å². The van der Waals surface area contributed by atoms with Gasteiger partial charge in [-0.2, -0.15) is 0 Å². The van der Waals surface area contributed by atoms with Crippen LogP contribution in [0.3, 0.4) is 0 Å². The van der Waals surface area contributed by atoms with Gasteiger partial charge in [-0.1, -0.05) is 24.4 Å². The smallest absolute Gasteiger partial charge is 0.176 e. The number of likely N-dealkylation sites (tertiary alicyclic amines) is 2. The third-order valence-corrected chi connectivity index (χ3v) is 6.40. The Morgan fingerprint density at radius 3 is 2.41 bits per heavy atom. The lowest BCUT2D eigenvalue weighted by atomic mass is 9.93. The Balaban J connectivity index is 1.40. The summed E-state index contributed by atoms with van der Waals surface area (Å²) in [6.45, 7) is 6.38. The normalized spacial score (nSPS) is 20.4. The van der Waals surface area contributed by atoms with Crippen molar-refractivity contribution in [2.75, 3.05) is 46.4 Å². The van der Waals surface area contributed by atoms with Gasteiger partial charge < -0.3 is 9.64 Å². The van der Waals surface area contributed by atoms with Gasteiger partial charge >= 0.3 is 0 Å². The van der Waals surface area contributed by atoms with Crippen molar-refractivity contribution in [1.82, 2.24) is 9.80 Å². The zero-order valence-electron chi connectivity index (χ0n) is 16.6. The number of methoxy groups -OCH3 is 1. The molecule has 2 heterocycles. The lowest BCUT2D eigenvalue weighted by Crippen LogP contribution is -2.38. The Morgan fingerprint density at radius 2 is 1.78 bits per heavy atom. The molecule has 0 aromatic heterocycles. The summed E-state index contributed by atoms with van der Waals surface area (Å²) in [5.41, 5.74) is 0.670. The molecule has 1 aromatic rings. The van der Waals surface area contributed by atoms with Crippen LogP contribution in [0.4, 0.5) is 0 Å². The van der Waals surface area contributed by atoms with Crippen molar-refractivity contribution in [3.8, 4) is 5.75 Å². The van der Waals surface area contributed by atoms with Crippen molar-refractivity contribution in [2.45, 2.75) is 44.9 Å². The van der Waals surface area contributed by atoms with Crippen molar-refractivity contribution in [1.29, 1.82) is 0 Å². The van der Waals surface area contributed by atoms with Crippen LogP contribution in [0.15, 0.2) is 18.2 Å². The zero-order valence-corrected chi connectivity index (χ0v) is 17.3. The molecule has 2 fully saturated rings. The molecular weight excluding hydrogens is 360 g/mol. The fourth-order valence-electron chi connectivity index (χ4n) is 4.29. The number of ether oxygens (including phenoxy) is 1. The number of hydrogen-bond acceptors (Lipinski definition) is 4. The Bertz CT molecular complexity index is 606. The van der Waals surface area contributed by atoms with Crippen molar-refractivity contribution in [2.24, 2.45) is 5.92 Å². The van der Waals surface area contributed by atoms with Gasteiger partial charge in [0.25, 0.3) is 0 Å². The number of Topliss-reactive ketones (excluding diaryl/α,β-unsaturated/α-hetero) is 1. The quantitative estimate of drug-likeness (QED) is 0.639. The van der Waals surface area contributed by atoms with Crippen LogP contribution in [0.25, 0.3) is 0 Å². The van der Waals surface area contributed by atoms with Gasteiger partial charge in [-0.25, -0.2) is 0 Å². The molecule has 0 amide bonds. The van der Waals surface area contributed by atoms with Crippen LogP contribution in [0.5, 0.6) is 5.75 Å². The SMILES string of the molecule is COc1ccc(C(=O)CN2CCC(CCN3CCCCCC3)CC2)cc1Cl. The van der Waals surface area contributed by atoms with Gasteiger partial charge in [0.1, 0.15) is 5.75 Å². The van der Waals surface area contributed by atoms with Gasteiger partial charge in [0, 0.05) is 5.56 Å². The lowest BCUT2D eigenvalue weighted by Gasteiger charge is -2.32. The van der Waals surface area contributed by atoms with E-state index in [-0.39, 0.29) is 5.78 Å². The van der Waals surface area contributed by atoms with Crippen LogP contribution in [0.2, 0.25) is 5.02 Å². The first kappa shape index (κ1) is 20.6. The highest BCUT2D eigenvalue weighted by Crippen LogP contribution is 2.26. The van der Waals surface area contributed by atoms with E-state index in [0.29, 0.717) is 22.9 Å². The van der Waals surface area contributed by atoms with E-state index in [4.69, 9.17) is 16.3 Å². The lowest BCUT2D eigenvalue weighted by molar-refractivity contribution is 0.0888. The number of piperidine rings is 1. The highest BCUT2D eigenvalue weighted by Gasteiger charge is 2.22. The Morgan fingerprint density at radius 1 is 1.07 bits per heavy atom. The van der Waals surface area contributed by atoms with E-state index in [2.05, 4.69) is 9.80 Å². The molecule has 2 saturated heterocycles. The first-order valence-electron chi connectivity index (χ1n) is 10.5. The summed E-state index contributed by atoms with van der Waals surface area (Å²) in [4.78, 5) is 17.5. The molecule has 3 rings (SSSR count). The van der Waals surface area contributed by atoms with Gasteiger partial charge in [-0.15, -0.1) is 0 Å². The van der Waals surface area contributed by atoms with Crippen molar-refractivity contribution >= 4 is 17.4 Å². The highest BCUT2D eigenvalue weighted by atomic mass is 35.5. The van der Waals surface area contributed by atoms with Crippen LogP contribution in [0.1, 0.15) is 55.3 Å². The van der Waals surface area contributed by atoms with E-state index < -0.39 is 0 Å². The third kappa shape index (κ3) is 6.20. The summed E-state index contributed by atoms with van der Waals surface area (Å²) in [6.07, 6.45) is 9.29. The molecule has 0 atom stereocenters. The van der Waals surface area contributed by atoms with E-state index in [9.17, 15) is 4.79 Å². The molecule has 0 bridgehead atoms. The van der Waals surface area contributed by atoms with Crippen molar-refractivity contribution in [3.05, 3.63) is 28.8 Å². The second-order valence-electron chi connectivity index (χ2n) is 8.04. The van der Waals surface area contributed by atoms with E-state index in [1.165, 1.54) is 64.6 Å². The molecule has 0 unspecified atom stereocenters. The summed E-state index contributed by atoms with van der Waals surface area (Å²) in [5, 5.41) is 0.496. The Labute approximate surface area is 168 Å². The maximum atomic E-state index is 12.6. The molecule has 0 saturated carbocycles. The summed E-state index contributed by atoms with van der Waals surface area (Å²) >= 11 is 6.15.